The molecule has 164 valence electrons. The van der Waals surface area contributed by atoms with Crippen LogP contribution in [0.1, 0.15) is 50.3 Å². The van der Waals surface area contributed by atoms with Gasteiger partial charge in [0.1, 0.15) is 12.4 Å². The molecule has 2 atom stereocenters. The number of aliphatic imine (C=N–C) groups is 1. The zero-order valence-corrected chi connectivity index (χ0v) is 18.9. The summed E-state index contributed by atoms with van der Waals surface area (Å²) in [5, 5.41) is 15.4. The topological polar surface area (TPSA) is 70.4 Å². The predicted octanol–water partition coefficient (Wildman–Crippen LogP) is 2.87. The summed E-state index contributed by atoms with van der Waals surface area (Å²) in [7, 11) is 1.99. The minimum atomic E-state index is 0.528. The highest BCUT2D eigenvalue weighted by Gasteiger charge is 2.28. The summed E-state index contributed by atoms with van der Waals surface area (Å²) < 4.78 is 1.99. The lowest BCUT2D eigenvalue weighted by molar-refractivity contribution is 0.255. The third-order valence-corrected chi connectivity index (χ3v) is 5.96. The summed E-state index contributed by atoms with van der Waals surface area (Å²) in [6.45, 7) is 11.0. The smallest absolute Gasteiger partial charge is 0.191 e. The molecule has 0 amide bonds. The molecule has 0 saturated carbocycles. The zero-order chi connectivity index (χ0) is 21.3. The van der Waals surface area contributed by atoms with Gasteiger partial charge in [-0.3, -0.25) is 4.90 Å². The summed E-state index contributed by atoms with van der Waals surface area (Å²) in [6, 6.07) is 11.4. The van der Waals surface area contributed by atoms with Crippen molar-refractivity contribution in [3.63, 3.8) is 0 Å². The number of likely N-dealkylation sites (tertiary alicyclic amines) is 1. The second-order valence-corrected chi connectivity index (χ2v) is 8.41. The number of aromatic nitrogens is 3. The Bertz CT molecular complexity index is 799. The minimum Gasteiger partial charge on any atom is -0.356 e. The maximum atomic E-state index is 4.76. The number of nitrogens with zero attached hydrogens (tertiary/aromatic N) is 5. The number of unbranched alkanes of at least 4 members (excludes halogenated alkanes) is 1. The Morgan fingerprint density at radius 2 is 2.00 bits per heavy atom. The monoisotopic (exact) mass is 411 g/mol. The van der Waals surface area contributed by atoms with Crippen LogP contribution < -0.4 is 10.6 Å². The van der Waals surface area contributed by atoms with Crippen molar-refractivity contribution in [3.8, 4) is 0 Å². The predicted molar refractivity (Wildman–Crippen MR) is 122 cm³/mol. The van der Waals surface area contributed by atoms with Crippen molar-refractivity contribution in [1.82, 2.24) is 30.3 Å². The van der Waals surface area contributed by atoms with Crippen LogP contribution in [0.2, 0.25) is 0 Å². The van der Waals surface area contributed by atoms with E-state index < -0.39 is 0 Å². The van der Waals surface area contributed by atoms with Crippen LogP contribution in [-0.4, -0.2) is 51.3 Å². The first-order valence-corrected chi connectivity index (χ1v) is 11.2. The summed E-state index contributed by atoms with van der Waals surface area (Å²) in [5.41, 5.74) is 1.39. The van der Waals surface area contributed by atoms with Gasteiger partial charge >= 0.3 is 0 Å². The number of hydrogen-bond acceptors (Lipinski definition) is 4. The number of benzene rings is 1. The largest absolute Gasteiger partial charge is 0.356 e. The van der Waals surface area contributed by atoms with Crippen molar-refractivity contribution in [2.24, 2.45) is 18.0 Å². The molecule has 3 rings (SSSR count). The molecule has 2 unspecified atom stereocenters. The van der Waals surface area contributed by atoms with E-state index in [1.807, 2.05) is 18.5 Å². The molecule has 1 aliphatic rings. The van der Waals surface area contributed by atoms with Gasteiger partial charge in [0.15, 0.2) is 11.8 Å². The zero-order valence-electron chi connectivity index (χ0n) is 18.9. The third kappa shape index (κ3) is 6.29. The molecular weight excluding hydrogens is 374 g/mol. The molecule has 2 aromatic rings. The molecule has 2 heterocycles. The van der Waals surface area contributed by atoms with Crippen molar-refractivity contribution in [3.05, 3.63) is 47.5 Å². The van der Waals surface area contributed by atoms with Gasteiger partial charge in [0, 0.05) is 39.3 Å². The Hall–Kier alpha value is -2.41. The van der Waals surface area contributed by atoms with Gasteiger partial charge in [0.25, 0.3) is 0 Å². The van der Waals surface area contributed by atoms with Gasteiger partial charge in [-0.1, -0.05) is 43.7 Å². The van der Waals surface area contributed by atoms with E-state index in [0.717, 1.165) is 56.6 Å². The molecule has 1 aromatic heterocycles. The van der Waals surface area contributed by atoms with Crippen molar-refractivity contribution in [2.75, 3.05) is 19.6 Å². The van der Waals surface area contributed by atoms with Crippen molar-refractivity contribution in [1.29, 1.82) is 0 Å². The fourth-order valence-corrected chi connectivity index (χ4v) is 3.94. The van der Waals surface area contributed by atoms with E-state index in [0.29, 0.717) is 18.5 Å². The van der Waals surface area contributed by atoms with Crippen LogP contribution >= 0.6 is 0 Å². The van der Waals surface area contributed by atoms with E-state index in [4.69, 9.17) is 4.99 Å². The maximum Gasteiger partial charge on any atom is 0.191 e. The average Bonchev–Trinajstić information content (AvgIpc) is 3.26. The summed E-state index contributed by atoms with van der Waals surface area (Å²) in [4.78, 5) is 7.35. The van der Waals surface area contributed by atoms with Gasteiger partial charge in [-0.05, 0) is 38.2 Å². The molecule has 0 spiro atoms. The second-order valence-electron chi connectivity index (χ2n) is 8.41. The highest BCUT2D eigenvalue weighted by molar-refractivity contribution is 5.79. The van der Waals surface area contributed by atoms with Crippen molar-refractivity contribution in [2.45, 2.75) is 59.2 Å². The number of hydrogen-bond donors (Lipinski definition) is 2. The van der Waals surface area contributed by atoms with Crippen LogP contribution in [0.4, 0.5) is 0 Å². The van der Waals surface area contributed by atoms with Crippen LogP contribution in [-0.2, 0) is 20.1 Å². The van der Waals surface area contributed by atoms with Crippen LogP contribution in [0.3, 0.4) is 0 Å². The first kappa shape index (κ1) is 22.3. The Morgan fingerprint density at radius 1 is 1.20 bits per heavy atom. The molecule has 30 heavy (non-hydrogen) atoms. The molecular formula is C23H37N7. The number of aryl methyl sites for hydroxylation is 1. The Balaban J connectivity index is 1.54. The molecule has 0 radical (unpaired) electrons. The van der Waals surface area contributed by atoms with Crippen molar-refractivity contribution < 1.29 is 0 Å². The third-order valence-electron chi connectivity index (χ3n) is 5.96. The van der Waals surface area contributed by atoms with E-state index in [1.54, 1.807) is 0 Å². The Kier molecular flexibility index (Phi) is 8.25. The minimum absolute atomic E-state index is 0.528. The number of guanidine groups is 1. The SMILES string of the molecule is CCCCNC(=NCc1nnc(C)n1C)NCC1CC(C)N(Cc2ccccc2)C1. The summed E-state index contributed by atoms with van der Waals surface area (Å²) >= 11 is 0. The Labute approximate surface area is 181 Å². The molecule has 1 fully saturated rings. The lowest BCUT2D eigenvalue weighted by atomic mass is 10.1. The molecule has 1 saturated heterocycles. The summed E-state index contributed by atoms with van der Waals surface area (Å²) in [6.07, 6.45) is 3.51. The van der Waals surface area contributed by atoms with Gasteiger partial charge in [-0.2, -0.15) is 0 Å². The molecule has 7 heteroatoms. The first-order valence-electron chi connectivity index (χ1n) is 11.2. The molecule has 0 bridgehead atoms. The molecule has 7 nitrogen and oxygen atoms in total. The molecule has 1 aliphatic heterocycles. The highest BCUT2D eigenvalue weighted by atomic mass is 15.3. The number of nitrogens with one attached hydrogen (secondary N) is 2. The van der Waals surface area contributed by atoms with E-state index in [9.17, 15) is 0 Å². The number of rotatable bonds is 9. The van der Waals surface area contributed by atoms with Gasteiger partial charge < -0.3 is 15.2 Å². The van der Waals surface area contributed by atoms with Crippen molar-refractivity contribution >= 4 is 5.96 Å². The van der Waals surface area contributed by atoms with Gasteiger partial charge in [-0.15, -0.1) is 10.2 Å². The molecule has 0 aliphatic carbocycles. The normalized spacial score (nSPS) is 19.9. The van der Waals surface area contributed by atoms with Crippen LogP contribution in [0.15, 0.2) is 35.3 Å². The maximum absolute atomic E-state index is 4.76. The molecule has 1 aromatic carbocycles. The highest BCUT2D eigenvalue weighted by Crippen LogP contribution is 2.24. The van der Waals surface area contributed by atoms with Gasteiger partial charge in [-0.25, -0.2) is 4.99 Å². The van der Waals surface area contributed by atoms with Crippen LogP contribution in [0, 0.1) is 12.8 Å². The summed E-state index contributed by atoms with van der Waals surface area (Å²) in [5.74, 6) is 3.29. The van der Waals surface area contributed by atoms with E-state index >= 15 is 0 Å². The van der Waals surface area contributed by atoms with Crippen LogP contribution in [0.5, 0.6) is 0 Å². The van der Waals surface area contributed by atoms with Crippen LogP contribution in [0.25, 0.3) is 0 Å². The van der Waals surface area contributed by atoms with E-state index in [2.05, 4.69) is 69.9 Å². The van der Waals surface area contributed by atoms with E-state index in [-0.39, 0.29) is 0 Å². The lowest BCUT2D eigenvalue weighted by Gasteiger charge is -2.21. The lowest BCUT2D eigenvalue weighted by Crippen LogP contribution is -2.40. The average molecular weight is 412 g/mol. The fraction of sp³-hybridized carbons (Fsp3) is 0.609. The van der Waals surface area contributed by atoms with Gasteiger partial charge in [0.2, 0.25) is 0 Å². The quantitative estimate of drug-likeness (QED) is 0.377. The first-order chi connectivity index (χ1) is 14.6. The second kappa shape index (κ2) is 11.1. The van der Waals surface area contributed by atoms with Gasteiger partial charge in [0.05, 0.1) is 0 Å². The Morgan fingerprint density at radius 3 is 2.70 bits per heavy atom. The van der Waals surface area contributed by atoms with E-state index in [1.165, 1.54) is 12.0 Å². The molecule has 2 N–H and O–H groups in total. The standard InChI is InChI=1S/C23H37N7/c1-5-6-12-24-23(26-15-22-28-27-19(3)29(22)4)25-14-21-13-18(2)30(17-21)16-20-10-8-7-9-11-20/h7-11,18,21H,5-6,12-17H2,1-4H3,(H2,24,25,26). The fourth-order valence-electron chi connectivity index (χ4n) is 3.94.